The Morgan fingerprint density at radius 1 is 0.929 bits per heavy atom. The Morgan fingerprint density at radius 3 is 1.64 bits per heavy atom. The van der Waals surface area contributed by atoms with E-state index in [0.717, 1.165) is 12.8 Å². The molecular formula is C13H25N. The molecule has 0 fully saturated rings. The maximum atomic E-state index is 9.13. The predicted octanol–water partition coefficient (Wildman–Crippen LogP) is 4.68. The van der Waals surface area contributed by atoms with E-state index in [4.69, 9.17) is 5.26 Å². The van der Waals surface area contributed by atoms with Crippen LogP contribution in [-0.4, -0.2) is 0 Å². The molecule has 1 nitrogen and oxygen atoms in total. The van der Waals surface area contributed by atoms with Crippen molar-refractivity contribution in [1.82, 2.24) is 0 Å². The Labute approximate surface area is 89.5 Å². The summed E-state index contributed by atoms with van der Waals surface area (Å²) < 4.78 is 0. The highest BCUT2D eigenvalue weighted by Gasteiger charge is 2.22. The van der Waals surface area contributed by atoms with Crippen molar-refractivity contribution < 1.29 is 0 Å². The number of nitriles is 1. The minimum absolute atomic E-state index is 0.0513. The molecule has 0 spiro atoms. The fraction of sp³-hybridized carbons (Fsp3) is 0.923. The summed E-state index contributed by atoms with van der Waals surface area (Å²) >= 11 is 0. The third kappa shape index (κ3) is 6.02. The number of unbranched alkanes of at least 4 members (excludes halogenated alkanes) is 4. The fourth-order valence-corrected chi connectivity index (χ4v) is 1.77. The summed E-state index contributed by atoms with van der Waals surface area (Å²) in [7, 11) is 0. The first-order valence-corrected chi connectivity index (χ1v) is 6.09. The molecule has 0 aliphatic carbocycles. The molecule has 0 saturated heterocycles. The van der Waals surface area contributed by atoms with Gasteiger partial charge in [0.15, 0.2) is 0 Å². The van der Waals surface area contributed by atoms with E-state index in [0.29, 0.717) is 0 Å². The van der Waals surface area contributed by atoms with Crippen LogP contribution < -0.4 is 0 Å². The minimum Gasteiger partial charge on any atom is -0.198 e. The Bertz CT molecular complexity index is 157. The van der Waals surface area contributed by atoms with E-state index in [2.05, 4.69) is 26.8 Å². The number of nitrogens with zero attached hydrogens (tertiary/aromatic N) is 1. The SMILES string of the molecule is CCCCCC(C)(C#N)CCCCC. The maximum absolute atomic E-state index is 9.13. The molecule has 0 aromatic carbocycles. The summed E-state index contributed by atoms with van der Waals surface area (Å²) in [5, 5.41) is 9.13. The van der Waals surface area contributed by atoms with Gasteiger partial charge in [0.1, 0.15) is 0 Å². The quantitative estimate of drug-likeness (QED) is 0.516. The Balaban J connectivity index is 3.75. The van der Waals surface area contributed by atoms with E-state index < -0.39 is 0 Å². The summed E-state index contributed by atoms with van der Waals surface area (Å²) in [6, 6.07) is 2.50. The van der Waals surface area contributed by atoms with Crippen molar-refractivity contribution in [2.24, 2.45) is 5.41 Å². The molecule has 0 rings (SSSR count). The Morgan fingerprint density at radius 2 is 1.36 bits per heavy atom. The molecule has 0 atom stereocenters. The van der Waals surface area contributed by atoms with Crippen LogP contribution in [0.2, 0.25) is 0 Å². The zero-order valence-electron chi connectivity index (χ0n) is 10.1. The van der Waals surface area contributed by atoms with Crippen LogP contribution in [0.4, 0.5) is 0 Å². The van der Waals surface area contributed by atoms with Crippen molar-refractivity contribution in [2.45, 2.75) is 72.1 Å². The molecule has 0 aliphatic rings. The van der Waals surface area contributed by atoms with Crippen molar-refractivity contribution in [3.63, 3.8) is 0 Å². The van der Waals surface area contributed by atoms with Crippen molar-refractivity contribution in [3.8, 4) is 6.07 Å². The van der Waals surface area contributed by atoms with Gasteiger partial charge >= 0.3 is 0 Å². The number of rotatable bonds is 8. The van der Waals surface area contributed by atoms with Crippen LogP contribution in [0, 0.1) is 16.7 Å². The second-order valence-electron chi connectivity index (χ2n) is 4.59. The first-order valence-electron chi connectivity index (χ1n) is 6.09. The molecule has 0 aromatic rings. The summed E-state index contributed by atoms with van der Waals surface area (Å²) in [4.78, 5) is 0. The highest BCUT2D eigenvalue weighted by Crippen LogP contribution is 2.29. The van der Waals surface area contributed by atoms with Crippen LogP contribution in [0.5, 0.6) is 0 Å². The average Bonchev–Trinajstić information content (AvgIpc) is 2.19. The molecule has 0 radical (unpaired) electrons. The van der Waals surface area contributed by atoms with Gasteiger partial charge in [-0.25, -0.2) is 0 Å². The lowest BCUT2D eigenvalue weighted by Gasteiger charge is -2.21. The van der Waals surface area contributed by atoms with Gasteiger partial charge in [-0.15, -0.1) is 0 Å². The Hall–Kier alpha value is -0.510. The highest BCUT2D eigenvalue weighted by molar-refractivity contribution is 4.94. The molecule has 82 valence electrons. The minimum atomic E-state index is -0.0513. The van der Waals surface area contributed by atoms with E-state index in [1.165, 1.54) is 38.5 Å². The lowest BCUT2D eigenvalue weighted by Crippen LogP contribution is -2.13. The molecule has 1 heteroatoms. The van der Waals surface area contributed by atoms with Gasteiger partial charge in [0.2, 0.25) is 0 Å². The van der Waals surface area contributed by atoms with Gasteiger partial charge in [-0.2, -0.15) is 5.26 Å². The standard InChI is InChI=1S/C13H25N/c1-4-6-8-10-13(3,12-14)11-9-7-5-2/h4-11H2,1-3H3. The monoisotopic (exact) mass is 195 g/mol. The van der Waals surface area contributed by atoms with Gasteiger partial charge in [0.25, 0.3) is 0 Å². The fourth-order valence-electron chi connectivity index (χ4n) is 1.77. The number of hydrogen-bond acceptors (Lipinski definition) is 1. The summed E-state index contributed by atoms with van der Waals surface area (Å²) in [5.74, 6) is 0. The van der Waals surface area contributed by atoms with Crippen LogP contribution in [0.15, 0.2) is 0 Å². The van der Waals surface area contributed by atoms with Gasteiger partial charge in [-0.1, -0.05) is 52.4 Å². The topological polar surface area (TPSA) is 23.8 Å². The molecule has 0 amide bonds. The normalized spacial score (nSPS) is 11.3. The summed E-state index contributed by atoms with van der Waals surface area (Å²) in [5.41, 5.74) is -0.0513. The zero-order chi connectivity index (χ0) is 10.9. The molecule has 0 unspecified atom stereocenters. The number of hydrogen-bond donors (Lipinski definition) is 0. The molecule has 0 heterocycles. The largest absolute Gasteiger partial charge is 0.198 e. The molecule has 0 N–H and O–H groups in total. The van der Waals surface area contributed by atoms with Gasteiger partial charge in [0.05, 0.1) is 11.5 Å². The van der Waals surface area contributed by atoms with Crippen molar-refractivity contribution >= 4 is 0 Å². The third-order valence-electron chi connectivity index (χ3n) is 2.93. The van der Waals surface area contributed by atoms with E-state index in [1.54, 1.807) is 0 Å². The molecular weight excluding hydrogens is 170 g/mol. The third-order valence-corrected chi connectivity index (χ3v) is 2.93. The summed E-state index contributed by atoms with van der Waals surface area (Å²) in [6.07, 6.45) is 9.63. The molecule has 0 aliphatic heterocycles. The highest BCUT2D eigenvalue weighted by atomic mass is 14.3. The lowest BCUT2D eigenvalue weighted by atomic mass is 9.81. The van der Waals surface area contributed by atoms with E-state index in [-0.39, 0.29) is 5.41 Å². The van der Waals surface area contributed by atoms with Crippen LogP contribution >= 0.6 is 0 Å². The van der Waals surface area contributed by atoms with Crippen LogP contribution in [-0.2, 0) is 0 Å². The van der Waals surface area contributed by atoms with Gasteiger partial charge in [-0.3, -0.25) is 0 Å². The summed E-state index contributed by atoms with van der Waals surface area (Å²) in [6.45, 7) is 6.54. The average molecular weight is 195 g/mol. The Kier molecular flexibility index (Phi) is 7.57. The second kappa shape index (κ2) is 7.85. The molecule has 0 saturated carbocycles. The smallest absolute Gasteiger partial charge is 0.0686 e. The van der Waals surface area contributed by atoms with Crippen LogP contribution in [0.3, 0.4) is 0 Å². The first kappa shape index (κ1) is 13.5. The maximum Gasteiger partial charge on any atom is 0.0686 e. The van der Waals surface area contributed by atoms with Gasteiger partial charge < -0.3 is 0 Å². The van der Waals surface area contributed by atoms with Crippen LogP contribution in [0.25, 0.3) is 0 Å². The van der Waals surface area contributed by atoms with E-state index >= 15 is 0 Å². The molecule has 0 bridgehead atoms. The lowest BCUT2D eigenvalue weighted by molar-refractivity contribution is 0.342. The van der Waals surface area contributed by atoms with Crippen molar-refractivity contribution in [3.05, 3.63) is 0 Å². The van der Waals surface area contributed by atoms with Crippen molar-refractivity contribution in [2.75, 3.05) is 0 Å². The first-order chi connectivity index (χ1) is 6.68. The molecule has 14 heavy (non-hydrogen) atoms. The zero-order valence-corrected chi connectivity index (χ0v) is 10.1. The predicted molar refractivity (Wildman–Crippen MR) is 62.0 cm³/mol. The second-order valence-corrected chi connectivity index (χ2v) is 4.59. The molecule has 0 aromatic heterocycles. The van der Waals surface area contributed by atoms with E-state index in [9.17, 15) is 0 Å². The van der Waals surface area contributed by atoms with Gasteiger partial charge in [0, 0.05) is 0 Å². The van der Waals surface area contributed by atoms with Crippen LogP contribution in [0.1, 0.15) is 72.1 Å². The van der Waals surface area contributed by atoms with E-state index in [1.807, 2.05) is 0 Å². The van der Waals surface area contributed by atoms with Crippen molar-refractivity contribution in [1.29, 1.82) is 5.26 Å². The van der Waals surface area contributed by atoms with Gasteiger partial charge in [-0.05, 0) is 19.8 Å².